The van der Waals surface area contributed by atoms with Crippen LogP contribution in [0.2, 0.25) is 0 Å². The van der Waals surface area contributed by atoms with E-state index in [-0.39, 0.29) is 18.7 Å². The molecule has 0 unspecified atom stereocenters. The largest absolute Gasteiger partial charge is 0.481 e. The predicted octanol–water partition coefficient (Wildman–Crippen LogP) is 1.92. The zero-order chi connectivity index (χ0) is 13.8. The quantitative estimate of drug-likeness (QED) is 0.762. The maximum Gasteiger partial charge on any atom is 0.305 e. The van der Waals surface area contributed by atoms with Crippen molar-refractivity contribution in [3.8, 4) is 0 Å². The van der Waals surface area contributed by atoms with Gasteiger partial charge in [-0.05, 0) is 41.6 Å². The van der Waals surface area contributed by atoms with E-state index in [2.05, 4.69) is 0 Å². The minimum atomic E-state index is -3.47. The number of anilines is 1. The first kappa shape index (κ1) is 15.2. The Hall–Kier alpha value is -0.830. The fraction of sp³-hybridized carbons (Fsp3) is 0.364. The van der Waals surface area contributed by atoms with E-state index < -0.39 is 16.0 Å². The number of aliphatic carboxylic acids is 1. The molecular formula is C11H14INO4S. The van der Waals surface area contributed by atoms with Crippen LogP contribution in [0.3, 0.4) is 0 Å². The van der Waals surface area contributed by atoms with Crippen molar-refractivity contribution < 1.29 is 18.3 Å². The third-order valence-corrected chi connectivity index (χ3v) is 5.04. The summed E-state index contributed by atoms with van der Waals surface area (Å²) in [6, 6.07) is 7.00. The smallest absolute Gasteiger partial charge is 0.305 e. The molecule has 7 heteroatoms. The van der Waals surface area contributed by atoms with E-state index in [1.807, 2.05) is 22.6 Å². The van der Waals surface area contributed by atoms with Crippen LogP contribution in [-0.4, -0.2) is 31.8 Å². The van der Waals surface area contributed by atoms with E-state index in [0.717, 1.165) is 3.57 Å². The second kappa shape index (κ2) is 6.37. The van der Waals surface area contributed by atoms with Crippen molar-refractivity contribution in [1.29, 1.82) is 0 Å². The van der Waals surface area contributed by atoms with Crippen LogP contribution in [0.25, 0.3) is 0 Å². The number of carboxylic acids is 1. The van der Waals surface area contributed by atoms with Gasteiger partial charge in [0.15, 0.2) is 0 Å². The Balaban J connectivity index is 3.13. The summed E-state index contributed by atoms with van der Waals surface area (Å²) in [7, 11) is -3.47. The molecule has 0 saturated heterocycles. The van der Waals surface area contributed by atoms with Crippen LogP contribution in [-0.2, 0) is 14.8 Å². The lowest BCUT2D eigenvalue weighted by atomic mass is 10.3. The normalized spacial score (nSPS) is 11.2. The lowest BCUT2D eigenvalue weighted by Crippen LogP contribution is -2.34. The van der Waals surface area contributed by atoms with E-state index in [9.17, 15) is 13.2 Å². The highest BCUT2D eigenvalue weighted by Gasteiger charge is 2.22. The number of carbonyl (C=O) groups is 1. The van der Waals surface area contributed by atoms with Gasteiger partial charge in [-0.3, -0.25) is 9.10 Å². The maximum absolute atomic E-state index is 12.0. The molecule has 0 aliphatic carbocycles. The van der Waals surface area contributed by atoms with E-state index in [4.69, 9.17) is 5.11 Å². The molecule has 0 radical (unpaired) electrons. The first-order chi connectivity index (χ1) is 8.38. The summed E-state index contributed by atoms with van der Waals surface area (Å²) in [6.45, 7) is 1.49. The highest BCUT2D eigenvalue weighted by molar-refractivity contribution is 14.1. The second-order valence-electron chi connectivity index (χ2n) is 3.57. The third-order valence-electron chi connectivity index (χ3n) is 2.35. The molecule has 0 atom stereocenters. The standard InChI is InChI=1S/C11H14INO4S/c1-2-18(16,17)13(8-7-11(14)15)10-6-4-3-5-9(10)12/h3-6H,2,7-8H2,1H3,(H,14,15). The highest BCUT2D eigenvalue weighted by atomic mass is 127. The number of benzene rings is 1. The number of nitrogens with zero attached hydrogens (tertiary/aromatic N) is 1. The molecule has 0 heterocycles. The third kappa shape index (κ3) is 3.84. The van der Waals surface area contributed by atoms with Gasteiger partial charge in [0.05, 0.1) is 17.9 Å². The van der Waals surface area contributed by atoms with Crippen molar-refractivity contribution in [3.63, 3.8) is 0 Å². The number of halogens is 1. The van der Waals surface area contributed by atoms with Crippen LogP contribution in [0.1, 0.15) is 13.3 Å². The van der Waals surface area contributed by atoms with Gasteiger partial charge in [0.1, 0.15) is 0 Å². The van der Waals surface area contributed by atoms with Crippen molar-refractivity contribution in [3.05, 3.63) is 27.8 Å². The summed E-state index contributed by atoms with van der Waals surface area (Å²) in [5.41, 5.74) is 0.529. The molecule has 0 aliphatic rings. The van der Waals surface area contributed by atoms with Gasteiger partial charge >= 0.3 is 5.97 Å². The molecule has 0 aromatic heterocycles. The summed E-state index contributed by atoms with van der Waals surface area (Å²) in [5, 5.41) is 8.69. The molecule has 0 amide bonds. The Bertz CT molecular complexity index is 530. The molecular weight excluding hydrogens is 369 g/mol. The Morgan fingerprint density at radius 2 is 2.00 bits per heavy atom. The number of hydrogen-bond donors (Lipinski definition) is 1. The Morgan fingerprint density at radius 1 is 1.39 bits per heavy atom. The van der Waals surface area contributed by atoms with Crippen LogP contribution in [0.4, 0.5) is 5.69 Å². The average molecular weight is 383 g/mol. The van der Waals surface area contributed by atoms with Gasteiger partial charge in [-0.2, -0.15) is 0 Å². The van der Waals surface area contributed by atoms with Gasteiger partial charge in [0.25, 0.3) is 0 Å². The van der Waals surface area contributed by atoms with Crippen LogP contribution < -0.4 is 4.31 Å². The molecule has 0 aliphatic heterocycles. The van der Waals surface area contributed by atoms with Crippen molar-refractivity contribution >= 4 is 44.3 Å². The number of sulfonamides is 1. The molecule has 1 N–H and O–H groups in total. The summed E-state index contributed by atoms with van der Waals surface area (Å²) >= 11 is 2.04. The molecule has 100 valence electrons. The molecule has 0 fully saturated rings. The topological polar surface area (TPSA) is 74.7 Å². The number of rotatable bonds is 6. The van der Waals surface area contributed by atoms with E-state index in [1.54, 1.807) is 31.2 Å². The Morgan fingerprint density at radius 3 is 2.50 bits per heavy atom. The molecule has 0 saturated carbocycles. The van der Waals surface area contributed by atoms with E-state index in [0.29, 0.717) is 5.69 Å². The zero-order valence-electron chi connectivity index (χ0n) is 9.84. The number of para-hydroxylation sites is 1. The first-order valence-electron chi connectivity index (χ1n) is 5.35. The minimum Gasteiger partial charge on any atom is -0.481 e. The van der Waals surface area contributed by atoms with Crippen molar-refractivity contribution in [1.82, 2.24) is 0 Å². The number of carboxylic acid groups (broad SMARTS) is 1. The number of hydrogen-bond acceptors (Lipinski definition) is 3. The monoisotopic (exact) mass is 383 g/mol. The van der Waals surface area contributed by atoms with Crippen LogP contribution in [0.15, 0.2) is 24.3 Å². The lowest BCUT2D eigenvalue weighted by Gasteiger charge is -2.24. The van der Waals surface area contributed by atoms with Crippen molar-refractivity contribution in [2.24, 2.45) is 0 Å². The van der Waals surface area contributed by atoms with Gasteiger partial charge in [0.2, 0.25) is 10.0 Å². The average Bonchev–Trinajstić information content (AvgIpc) is 2.31. The molecule has 5 nitrogen and oxygen atoms in total. The molecule has 0 bridgehead atoms. The molecule has 0 spiro atoms. The molecule has 18 heavy (non-hydrogen) atoms. The summed E-state index contributed by atoms with van der Waals surface area (Å²) in [6.07, 6.45) is -0.218. The Kier molecular flexibility index (Phi) is 5.39. The minimum absolute atomic E-state index is 0.0501. The molecule has 1 aromatic carbocycles. The highest BCUT2D eigenvalue weighted by Crippen LogP contribution is 2.25. The zero-order valence-corrected chi connectivity index (χ0v) is 12.8. The van der Waals surface area contributed by atoms with Gasteiger partial charge in [-0.25, -0.2) is 8.42 Å². The summed E-state index contributed by atoms with van der Waals surface area (Å²) in [5.74, 6) is -1.07. The second-order valence-corrected chi connectivity index (χ2v) is 6.91. The van der Waals surface area contributed by atoms with Crippen molar-refractivity contribution in [2.45, 2.75) is 13.3 Å². The van der Waals surface area contributed by atoms with Crippen molar-refractivity contribution in [2.75, 3.05) is 16.6 Å². The van der Waals surface area contributed by atoms with E-state index in [1.165, 1.54) is 4.31 Å². The van der Waals surface area contributed by atoms with Gasteiger partial charge in [0, 0.05) is 10.1 Å². The fourth-order valence-electron chi connectivity index (χ4n) is 1.42. The Labute approximate surface area is 120 Å². The summed E-state index contributed by atoms with van der Waals surface area (Å²) < 4.78 is 25.9. The lowest BCUT2D eigenvalue weighted by molar-refractivity contribution is -0.136. The molecule has 1 rings (SSSR count). The van der Waals surface area contributed by atoms with Gasteiger partial charge in [-0.1, -0.05) is 12.1 Å². The van der Waals surface area contributed by atoms with Crippen LogP contribution in [0.5, 0.6) is 0 Å². The van der Waals surface area contributed by atoms with Gasteiger partial charge in [-0.15, -0.1) is 0 Å². The summed E-state index contributed by atoms with van der Waals surface area (Å²) in [4.78, 5) is 10.6. The predicted molar refractivity (Wildman–Crippen MR) is 78.2 cm³/mol. The maximum atomic E-state index is 12.0. The molecule has 1 aromatic rings. The van der Waals surface area contributed by atoms with E-state index >= 15 is 0 Å². The van der Waals surface area contributed by atoms with Gasteiger partial charge < -0.3 is 5.11 Å². The first-order valence-corrected chi connectivity index (χ1v) is 8.04. The SMILES string of the molecule is CCS(=O)(=O)N(CCC(=O)O)c1ccccc1I. The fourth-order valence-corrected chi connectivity index (χ4v) is 3.40. The van der Waals surface area contributed by atoms with Crippen LogP contribution >= 0.6 is 22.6 Å². The van der Waals surface area contributed by atoms with Crippen LogP contribution in [0, 0.1) is 3.57 Å².